The number of nitrogens with one attached hydrogen (secondary N) is 1. The molecule has 0 unspecified atom stereocenters. The number of amides is 1. The average molecular weight is 415 g/mol. The summed E-state index contributed by atoms with van der Waals surface area (Å²) in [6.45, 7) is 2.00. The van der Waals surface area contributed by atoms with Crippen molar-refractivity contribution in [3.63, 3.8) is 0 Å². The van der Waals surface area contributed by atoms with Crippen LogP contribution >= 0.6 is 0 Å². The molecule has 1 N–H and O–H groups in total. The van der Waals surface area contributed by atoms with Crippen LogP contribution in [0.4, 0.5) is 4.39 Å². The number of aryl methyl sites for hydroxylation is 1. The van der Waals surface area contributed by atoms with Crippen molar-refractivity contribution in [3.8, 4) is 11.4 Å². The van der Waals surface area contributed by atoms with Gasteiger partial charge in [-0.15, -0.1) is 0 Å². The predicted molar refractivity (Wildman–Crippen MR) is 116 cm³/mol. The van der Waals surface area contributed by atoms with Gasteiger partial charge in [-0.05, 0) is 36.2 Å². The summed E-state index contributed by atoms with van der Waals surface area (Å²) >= 11 is 0. The lowest BCUT2D eigenvalue weighted by Gasteiger charge is -2.15. The van der Waals surface area contributed by atoms with Gasteiger partial charge in [-0.2, -0.15) is 4.98 Å². The minimum atomic E-state index is -0.485. The Morgan fingerprint density at radius 2 is 1.77 bits per heavy atom. The lowest BCUT2D eigenvalue weighted by Crippen LogP contribution is -2.31. The summed E-state index contributed by atoms with van der Waals surface area (Å²) in [4.78, 5) is 17.2. The van der Waals surface area contributed by atoms with Crippen LogP contribution in [0.2, 0.25) is 0 Å². The average Bonchev–Trinajstić information content (AvgIpc) is 3.26. The van der Waals surface area contributed by atoms with E-state index >= 15 is 0 Å². The molecule has 0 aliphatic rings. The van der Waals surface area contributed by atoms with Crippen LogP contribution in [0.5, 0.6) is 0 Å². The highest BCUT2D eigenvalue weighted by atomic mass is 19.1. The molecule has 0 fully saturated rings. The van der Waals surface area contributed by atoms with E-state index in [4.69, 9.17) is 4.52 Å². The van der Waals surface area contributed by atoms with Crippen LogP contribution in [0.3, 0.4) is 0 Å². The maximum Gasteiger partial charge on any atom is 0.249 e. The molecule has 156 valence electrons. The molecule has 4 rings (SSSR count). The molecule has 0 radical (unpaired) electrons. The third-order valence-electron chi connectivity index (χ3n) is 4.91. The number of hydrogen-bond acceptors (Lipinski definition) is 4. The van der Waals surface area contributed by atoms with Gasteiger partial charge in [-0.3, -0.25) is 4.79 Å². The first-order valence-corrected chi connectivity index (χ1v) is 10.1. The minimum absolute atomic E-state index is 0.129. The highest BCUT2D eigenvalue weighted by molar-refractivity contribution is 5.79. The second-order valence-electron chi connectivity index (χ2n) is 7.44. The van der Waals surface area contributed by atoms with Gasteiger partial charge in [0.1, 0.15) is 11.9 Å². The van der Waals surface area contributed by atoms with Crippen LogP contribution < -0.4 is 5.32 Å². The smallest absolute Gasteiger partial charge is 0.249 e. The summed E-state index contributed by atoms with van der Waals surface area (Å²) in [5, 5.41) is 7.10. The zero-order valence-corrected chi connectivity index (χ0v) is 17.1. The van der Waals surface area contributed by atoms with Gasteiger partial charge in [-0.25, -0.2) is 4.39 Å². The monoisotopic (exact) mass is 415 g/mol. The van der Waals surface area contributed by atoms with E-state index in [0.717, 1.165) is 22.3 Å². The molecule has 3 aromatic carbocycles. The zero-order valence-electron chi connectivity index (χ0n) is 17.1. The van der Waals surface area contributed by atoms with Gasteiger partial charge in [0.15, 0.2) is 0 Å². The van der Waals surface area contributed by atoms with E-state index < -0.39 is 6.04 Å². The van der Waals surface area contributed by atoms with Crippen LogP contribution in [0, 0.1) is 12.7 Å². The third-order valence-corrected chi connectivity index (χ3v) is 4.91. The molecule has 4 aromatic rings. The summed E-state index contributed by atoms with van der Waals surface area (Å²) in [6.07, 6.45) is 0.635. The molecule has 31 heavy (non-hydrogen) atoms. The van der Waals surface area contributed by atoms with E-state index in [0.29, 0.717) is 18.1 Å². The quantitative estimate of drug-likeness (QED) is 0.470. The van der Waals surface area contributed by atoms with Crippen LogP contribution in [0.25, 0.3) is 11.4 Å². The van der Waals surface area contributed by atoms with Crippen molar-refractivity contribution >= 4 is 5.91 Å². The summed E-state index contributed by atoms with van der Waals surface area (Å²) in [5.74, 6) is 0.279. The van der Waals surface area contributed by atoms with Gasteiger partial charge < -0.3 is 9.84 Å². The number of nitrogens with zero attached hydrogens (tertiary/aromatic N) is 2. The summed E-state index contributed by atoms with van der Waals surface area (Å²) in [6, 6.07) is 23.0. The molecule has 0 aliphatic heterocycles. The van der Waals surface area contributed by atoms with Gasteiger partial charge in [0.05, 0.1) is 6.42 Å². The third kappa shape index (κ3) is 5.42. The molecule has 0 saturated carbocycles. The number of aromatic nitrogens is 2. The van der Waals surface area contributed by atoms with Crippen LogP contribution in [0.15, 0.2) is 83.4 Å². The van der Waals surface area contributed by atoms with Gasteiger partial charge in [0.25, 0.3) is 0 Å². The fourth-order valence-electron chi connectivity index (χ4n) is 3.36. The van der Waals surface area contributed by atoms with Crippen LogP contribution in [-0.2, 0) is 17.6 Å². The summed E-state index contributed by atoms with van der Waals surface area (Å²) in [7, 11) is 0. The number of carbonyl (C=O) groups excluding carboxylic acids is 1. The van der Waals surface area contributed by atoms with Gasteiger partial charge in [-0.1, -0.05) is 71.4 Å². The molecule has 0 spiro atoms. The van der Waals surface area contributed by atoms with E-state index in [1.807, 2.05) is 61.5 Å². The second-order valence-corrected chi connectivity index (χ2v) is 7.44. The fraction of sp³-hybridized carbons (Fsp3) is 0.160. The number of rotatable bonds is 7. The normalized spacial score (nSPS) is 11.8. The van der Waals surface area contributed by atoms with Crippen molar-refractivity contribution in [2.24, 2.45) is 0 Å². The van der Waals surface area contributed by atoms with Crippen LogP contribution in [0.1, 0.15) is 28.6 Å². The van der Waals surface area contributed by atoms with Crippen molar-refractivity contribution in [2.45, 2.75) is 25.8 Å². The molecule has 1 heterocycles. The number of hydrogen-bond donors (Lipinski definition) is 1. The highest BCUT2D eigenvalue weighted by Crippen LogP contribution is 2.22. The Bertz CT molecular complexity index is 1160. The van der Waals surface area contributed by atoms with Crippen LogP contribution in [-0.4, -0.2) is 16.0 Å². The Morgan fingerprint density at radius 1 is 1.00 bits per heavy atom. The summed E-state index contributed by atoms with van der Waals surface area (Å²) in [5.41, 5.74) is 3.71. The topological polar surface area (TPSA) is 68.0 Å². The van der Waals surface area contributed by atoms with Crippen molar-refractivity contribution < 1.29 is 13.7 Å². The Balaban J connectivity index is 1.55. The van der Waals surface area contributed by atoms with Crippen molar-refractivity contribution in [1.29, 1.82) is 0 Å². The van der Waals surface area contributed by atoms with Gasteiger partial charge in [0.2, 0.25) is 17.6 Å². The minimum Gasteiger partial charge on any atom is -0.344 e. The molecule has 0 bridgehead atoms. The SMILES string of the molecule is Cc1cccc(-c2noc([C@@H](Cc3ccccc3)NC(=O)Cc3ccc(F)cc3)n2)c1. The Hall–Kier alpha value is -3.80. The summed E-state index contributed by atoms with van der Waals surface area (Å²) < 4.78 is 18.7. The molecule has 0 aliphatic carbocycles. The van der Waals surface area contributed by atoms with E-state index in [1.54, 1.807) is 12.1 Å². The van der Waals surface area contributed by atoms with E-state index in [9.17, 15) is 9.18 Å². The Labute approximate surface area is 179 Å². The van der Waals surface area contributed by atoms with Gasteiger partial charge in [0, 0.05) is 12.0 Å². The first kappa shape index (κ1) is 20.5. The van der Waals surface area contributed by atoms with E-state index in [1.165, 1.54) is 12.1 Å². The van der Waals surface area contributed by atoms with Crippen molar-refractivity contribution in [1.82, 2.24) is 15.5 Å². The van der Waals surface area contributed by atoms with Crippen molar-refractivity contribution in [3.05, 3.63) is 107 Å². The maximum atomic E-state index is 13.1. The molecule has 1 aromatic heterocycles. The molecule has 0 saturated heterocycles. The predicted octanol–water partition coefficient (Wildman–Crippen LogP) is 4.83. The molecule has 6 heteroatoms. The fourth-order valence-corrected chi connectivity index (χ4v) is 3.36. The lowest BCUT2D eigenvalue weighted by molar-refractivity contribution is -0.121. The number of benzene rings is 3. The molecule has 1 atom stereocenters. The standard InChI is InChI=1S/C25H22FN3O2/c1-17-6-5-9-20(14-17)24-28-25(31-29-24)22(15-18-7-3-2-4-8-18)27-23(30)16-19-10-12-21(26)13-11-19/h2-14,22H,15-16H2,1H3,(H,27,30)/t22-/m1/s1. The zero-order chi connectivity index (χ0) is 21.6. The maximum absolute atomic E-state index is 13.1. The first-order valence-electron chi connectivity index (χ1n) is 10.1. The number of carbonyl (C=O) groups is 1. The molecule has 5 nitrogen and oxygen atoms in total. The largest absolute Gasteiger partial charge is 0.344 e. The highest BCUT2D eigenvalue weighted by Gasteiger charge is 2.22. The molecular formula is C25H22FN3O2. The Morgan fingerprint density at radius 3 is 2.52 bits per heavy atom. The second kappa shape index (κ2) is 9.34. The molecule has 1 amide bonds. The number of halogens is 1. The van der Waals surface area contributed by atoms with E-state index in [-0.39, 0.29) is 18.1 Å². The first-order chi connectivity index (χ1) is 15.1. The Kier molecular flexibility index (Phi) is 6.17. The van der Waals surface area contributed by atoms with Gasteiger partial charge >= 0.3 is 0 Å². The van der Waals surface area contributed by atoms with Crippen molar-refractivity contribution in [2.75, 3.05) is 0 Å². The lowest BCUT2D eigenvalue weighted by atomic mass is 10.0. The van der Waals surface area contributed by atoms with E-state index in [2.05, 4.69) is 15.5 Å². The molecular weight excluding hydrogens is 393 g/mol.